The van der Waals surface area contributed by atoms with Crippen molar-refractivity contribution in [2.75, 3.05) is 5.32 Å². The monoisotopic (exact) mass is 422 g/mol. The normalized spacial score (nSPS) is 10.7. The Morgan fingerprint density at radius 2 is 1.52 bits per heavy atom. The van der Waals surface area contributed by atoms with Gasteiger partial charge >= 0.3 is 0 Å². The van der Waals surface area contributed by atoms with Gasteiger partial charge in [-0.15, -0.1) is 5.10 Å². The molecule has 0 saturated heterocycles. The molecule has 3 aromatic carbocycles. The molecule has 1 aromatic heterocycles. The number of amides is 1. The number of hydrogen-bond acceptors (Lipinski definition) is 3. The van der Waals surface area contributed by atoms with Gasteiger partial charge in [0.05, 0.1) is 10.0 Å². The highest BCUT2D eigenvalue weighted by Gasteiger charge is 2.16. The zero-order valence-electron chi connectivity index (χ0n) is 15.2. The Labute approximate surface area is 177 Å². The fourth-order valence-electron chi connectivity index (χ4n) is 2.87. The maximum absolute atomic E-state index is 12.6. The predicted molar refractivity (Wildman–Crippen MR) is 116 cm³/mol. The predicted octanol–water partition coefficient (Wildman–Crippen LogP) is 5.56. The lowest BCUT2D eigenvalue weighted by molar-refractivity contribution is -0.116. The molecule has 0 bridgehead atoms. The van der Waals surface area contributed by atoms with Crippen LogP contribution in [-0.2, 0) is 11.3 Å². The minimum Gasteiger partial charge on any atom is -0.324 e. The second-order valence-corrected chi connectivity index (χ2v) is 7.14. The average Bonchev–Trinajstić information content (AvgIpc) is 3.16. The van der Waals surface area contributed by atoms with Crippen LogP contribution in [0.1, 0.15) is 0 Å². The fourth-order valence-corrected chi connectivity index (χ4v) is 3.17. The topological polar surface area (TPSA) is 59.8 Å². The first-order valence-corrected chi connectivity index (χ1v) is 9.66. The Morgan fingerprint density at radius 3 is 2.17 bits per heavy atom. The number of aromatic nitrogens is 3. The molecule has 0 aliphatic rings. The van der Waals surface area contributed by atoms with Crippen molar-refractivity contribution in [3.63, 3.8) is 0 Å². The number of halogens is 2. The maximum Gasteiger partial charge on any atom is 0.246 e. The van der Waals surface area contributed by atoms with Crippen molar-refractivity contribution in [2.24, 2.45) is 0 Å². The van der Waals surface area contributed by atoms with Crippen LogP contribution in [0.25, 0.3) is 22.8 Å². The van der Waals surface area contributed by atoms with Gasteiger partial charge in [0.2, 0.25) is 5.91 Å². The molecule has 144 valence electrons. The second-order valence-electron chi connectivity index (χ2n) is 6.33. The van der Waals surface area contributed by atoms with E-state index in [1.54, 1.807) is 22.9 Å². The lowest BCUT2D eigenvalue weighted by Gasteiger charge is -2.08. The smallest absolute Gasteiger partial charge is 0.246 e. The Kier molecular flexibility index (Phi) is 5.60. The molecule has 0 aliphatic heterocycles. The maximum atomic E-state index is 12.6. The number of anilines is 1. The number of nitrogens with zero attached hydrogens (tertiary/aromatic N) is 3. The molecular weight excluding hydrogens is 407 g/mol. The van der Waals surface area contributed by atoms with Crippen molar-refractivity contribution < 1.29 is 4.79 Å². The van der Waals surface area contributed by atoms with Crippen molar-refractivity contribution in [1.82, 2.24) is 14.8 Å². The van der Waals surface area contributed by atoms with Crippen molar-refractivity contribution in [1.29, 1.82) is 0 Å². The van der Waals surface area contributed by atoms with Crippen LogP contribution >= 0.6 is 23.2 Å². The van der Waals surface area contributed by atoms with E-state index in [2.05, 4.69) is 15.4 Å². The highest BCUT2D eigenvalue weighted by molar-refractivity contribution is 6.42. The van der Waals surface area contributed by atoms with E-state index in [1.807, 2.05) is 60.7 Å². The van der Waals surface area contributed by atoms with E-state index >= 15 is 0 Å². The summed E-state index contributed by atoms with van der Waals surface area (Å²) in [5.74, 6) is 0.936. The van der Waals surface area contributed by atoms with Crippen LogP contribution in [0.3, 0.4) is 0 Å². The van der Waals surface area contributed by atoms with Crippen LogP contribution in [0.2, 0.25) is 10.0 Å². The van der Waals surface area contributed by atoms with E-state index < -0.39 is 0 Å². The summed E-state index contributed by atoms with van der Waals surface area (Å²) in [6, 6.07) is 24.2. The van der Waals surface area contributed by atoms with Crippen LogP contribution in [0.4, 0.5) is 5.69 Å². The SMILES string of the molecule is O=C(Cn1nc(-c2ccccc2)nc1-c1ccccc1)Nc1ccc(Cl)c(Cl)c1. The third-order valence-corrected chi connectivity index (χ3v) is 4.97. The van der Waals surface area contributed by atoms with Gasteiger partial charge in [0.25, 0.3) is 0 Å². The average molecular weight is 423 g/mol. The highest BCUT2D eigenvalue weighted by atomic mass is 35.5. The zero-order valence-corrected chi connectivity index (χ0v) is 16.7. The summed E-state index contributed by atoms with van der Waals surface area (Å²) in [6.45, 7) is 0.00427. The first-order valence-electron chi connectivity index (χ1n) is 8.91. The van der Waals surface area contributed by atoms with Gasteiger partial charge in [-0.1, -0.05) is 83.9 Å². The fraction of sp³-hybridized carbons (Fsp3) is 0.0455. The molecule has 7 heteroatoms. The highest BCUT2D eigenvalue weighted by Crippen LogP contribution is 2.25. The zero-order chi connectivity index (χ0) is 20.2. The van der Waals surface area contributed by atoms with Crippen LogP contribution in [0.15, 0.2) is 78.9 Å². The third-order valence-electron chi connectivity index (χ3n) is 4.23. The molecule has 0 atom stereocenters. The quantitative estimate of drug-likeness (QED) is 0.457. The van der Waals surface area contributed by atoms with Crippen molar-refractivity contribution in [2.45, 2.75) is 6.54 Å². The third kappa shape index (κ3) is 4.47. The molecule has 0 radical (unpaired) electrons. The first kappa shape index (κ1) is 19.2. The number of carbonyl (C=O) groups excluding carboxylic acids is 1. The minimum absolute atomic E-state index is 0.00427. The molecule has 0 spiro atoms. The molecule has 5 nitrogen and oxygen atoms in total. The molecule has 0 unspecified atom stereocenters. The van der Waals surface area contributed by atoms with E-state index in [0.29, 0.717) is 27.4 Å². The van der Waals surface area contributed by atoms with Gasteiger partial charge in [-0.05, 0) is 18.2 Å². The largest absolute Gasteiger partial charge is 0.324 e. The molecule has 1 N–H and O–H groups in total. The summed E-state index contributed by atoms with van der Waals surface area (Å²) in [7, 11) is 0. The first-order chi connectivity index (χ1) is 14.1. The van der Waals surface area contributed by atoms with E-state index in [4.69, 9.17) is 23.2 Å². The molecule has 0 saturated carbocycles. The van der Waals surface area contributed by atoms with Crippen LogP contribution < -0.4 is 5.32 Å². The van der Waals surface area contributed by atoms with Gasteiger partial charge in [-0.3, -0.25) is 4.79 Å². The van der Waals surface area contributed by atoms with Crippen LogP contribution in [-0.4, -0.2) is 20.7 Å². The van der Waals surface area contributed by atoms with E-state index in [9.17, 15) is 4.79 Å². The molecule has 4 aromatic rings. The Hall–Kier alpha value is -3.15. The van der Waals surface area contributed by atoms with Gasteiger partial charge in [0, 0.05) is 16.8 Å². The summed E-state index contributed by atoms with van der Waals surface area (Å²) in [5.41, 5.74) is 2.33. The van der Waals surface area contributed by atoms with Gasteiger partial charge in [-0.2, -0.15) is 0 Å². The second kappa shape index (κ2) is 8.47. The summed E-state index contributed by atoms with van der Waals surface area (Å²) in [6.07, 6.45) is 0. The molecular formula is C22H16Cl2N4O. The van der Waals surface area contributed by atoms with E-state index in [-0.39, 0.29) is 12.5 Å². The molecule has 1 heterocycles. The summed E-state index contributed by atoms with van der Waals surface area (Å²) < 4.78 is 1.60. The van der Waals surface area contributed by atoms with Crippen LogP contribution in [0.5, 0.6) is 0 Å². The summed E-state index contributed by atoms with van der Waals surface area (Å²) in [5, 5.41) is 8.19. The Bertz CT molecular complexity index is 1140. The number of carbonyl (C=O) groups is 1. The molecule has 0 aliphatic carbocycles. The minimum atomic E-state index is -0.245. The van der Waals surface area contributed by atoms with E-state index in [0.717, 1.165) is 11.1 Å². The Morgan fingerprint density at radius 1 is 0.862 bits per heavy atom. The van der Waals surface area contributed by atoms with Gasteiger partial charge in [-0.25, -0.2) is 9.67 Å². The van der Waals surface area contributed by atoms with Gasteiger partial charge in [0.1, 0.15) is 6.54 Å². The lowest BCUT2D eigenvalue weighted by atomic mass is 10.2. The van der Waals surface area contributed by atoms with Crippen LogP contribution in [0, 0.1) is 0 Å². The standard InChI is InChI=1S/C22H16Cl2N4O/c23-18-12-11-17(13-19(18)24)25-20(29)14-28-22(16-9-5-2-6-10-16)26-21(27-28)15-7-3-1-4-8-15/h1-13H,14H2,(H,25,29). The van der Waals surface area contributed by atoms with Gasteiger partial charge < -0.3 is 5.32 Å². The number of rotatable bonds is 5. The lowest BCUT2D eigenvalue weighted by Crippen LogP contribution is -2.20. The molecule has 1 amide bonds. The molecule has 29 heavy (non-hydrogen) atoms. The number of benzene rings is 3. The number of nitrogens with one attached hydrogen (secondary N) is 1. The summed E-state index contributed by atoms with van der Waals surface area (Å²) >= 11 is 12.0. The van der Waals surface area contributed by atoms with E-state index in [1.165, 1.54) is 0 Å². The molecule has 4 rings (SSSR count). The van der Waals surface area contributed by atoms with Crippen molar-refractivity contribution in [3.05, 3.63) is 88.9 Å². The van der Waals surface area contributed by atoms with Gasteiger partial charge in [0.15, 0.2) is 11.6 Å². The van der Waals surface area contributed by atoms with Crippen molar-refractivity contribution >= 4 is 34.8 Å². The van der Waals surface area contributed by atoms with Crippen molar-refractivity contribution in [3.8, 4) is 22.8 Å². The Balaban J connectivity index is 1.63. The summed E-state index contributed by atoms with van der Waals surface area (Å²) in [4.78, 5) is 17.3. The molecule has 0 fully saturated rings. The number of hydrogen-bond donors (Lipinski definition) is 1.